The van der Waals surface area contributed by atoms with Gasteiger partial charge in [-0.2, -0.15) is 4.31 Å². The van der Waals surface area contributed by atoms with Crippen molar-refractivity contribution in [2.45, 2.75) is 63.6 Å². The highest BCUT2D eigenvalue weighted by atomic mass is 32.2. The zero-order valence-corrected chi connectivity index (χ0v) is 14.3. The van der Waals surface area contributed by atoms with E-state index in [-0.39, 0.29) is 6.04 Å². The summed E-state index contributed by atoms with van der Waals surface area (Å²) in [5, 5.41) is 3.12. The smallest absolute Gasteiger partial charge is 0.244 e. The second-order valence-corrected chi connectivity index (χ2v) is 7.69. The molecule has 1 heterocycles. The molecule has 2 rings (SSSR count). The molecule has 1 aromatic heterocycles. The van der Waals surface area contributed by atoms with Gasteiger partial charge in [-0.1, -0.05) is 13.8 Å². The Kier molecular flexibility index (Phi) is 5.11. The third-order valence-corrected chi connectivity index (χ3v) is 6.26. The van der Waals surface area contributed by atoms with Crippen molar-refractivity contribution in [1.29, 1.82) is 0 Å². The number of nitrogens with zero attached hydrogens (tertiary/aromatic N) is 2. The fourth-order valence-corrected chi connectivity index (χ4v) is 4.48. The lowest BCUT2D eigenvalue weighted by Crippen LogP contribution is -2.37. The summed E-state index contributed by atoms with van der Waals surface area (Å²) in [5.74, 6) is 0. The molecule has 0 saturated heterocycles. The van der Waals surface area contributed by atoms with Crippen LogP contribution in [0.25, 0.3) is 0 Å². The molecule has 0 bridgehead atoms. The maximum absolute atomic E-state index is 12.9. The van der Waals surface area contributed by atoms with Gasteiger partial charge >= 0.3 is 0 Å². The molecule has 1 atom stereocenters. The van der Waals surface area contributed by atoms with Crippen LogP contribution in [0.15, 0.2) is 17.2 Å². The van der Waals surface area contributed by atoms with Gasteiger partial charge in [0.2, 0.25) is 10.0 Å². The first kappa shape index (κ1) is 16.5. The van der Waals surface area contributed by atoms with Crippen molar-refractivity contribution in [2.24, 2.45) is 0 Å². The van der Waals surface area contributed by atoms with Gasteiger partial charge in [0, 0.05) is 37.1 Å². The third-order valence-electron chi connectivity index (χ3n) is 4.21. The maximum Gasteiger partial charge on any atom is 0.244 e. The quantitative estimate of drug-likeness (QED) is 0.801. The number of hydrogen-bond donors (Lipinski definition) is 1. The molecule has 1 aliphatic carbocycles. The first-order valence-electron chi connectivity index (χ1n) is 7.82. The van der Waals surface area contributed by atoms with Gasteiger partial charge in [0.1, 0.15) is 4.90 Å². The second-order valence-electron chi connectivity index (χ2n) is 5.80. The molecule has 0 spiro atoms. The SMILES string of the molecule is CCC(C)N(CC)S(=O)(=O)c1cc(CNC)n(C2CC2)c1. The fraction of sp³-hybridized carbons (Fsp3) is 0.733. The number of nitrogens with one attached hydrogen (secondary N) is 1. The third kappa shape index (κ3) is 3.33. The maximum atomic E-state index is 12.9. The van der Waals surface area contributed by atoms with Crippen LogP contribution < -0.4 is 5.32 Å². The van der Waals surface area contributed by atoms with Gasteiger partial charge in [-0.25, -0.2) is 8.42 Å². The summed E-state index contributed by atoms with van der Waals surface area (Å²) >= 11 is 0. The highest BCUT2D eigenvalue weighted by Gasteiger charge is 2.31. The van der Waals surface area contributed by atoms with E-state index in [2.05, 4.69) is 9.88 Å². The zero-order valence-electron chi connectivity index (χ0n) is 13.5. The molecule has 1 saturated carbocycles. The van der Waals surface area contributed by atoms with E-state index in [0.717, 1.165) is 25.0 Å². The van der Waals surface area contributed by atoms with E-state index in [4.69, 9.17) is 0 Å². The Morgan fingerprint density at radius 2 is 2.10 bits per heavy atom. The van der Waals surface area contributed by atoms with Crippen LogP contribution >= 0.6 is 0 Å². The predicted molar refractivity (Wildman–Crippen MR) is 84.8 cm³/mol. The molecule has 21 heavy (non-hydrogen) atoms. The molecule has 1 aliphatic rings. The standard InChI is InChI=1S/C15H27N3O2S/c1-5-12(3)18(6-2)21(19,20)15-9-14(10-16-4)17(11-15)13-7-8-13/h9,11-13,16H,5-8,10H2,1-4H3. The van der Waals surface area contributed by atoms with E-state index in [1.807, 2.05) is 40.1 Å². The molecule has 1 aromatic rings. The molecular formula is C15H27N3O2S. The van der Waals surface area contributed by atoms with Crippen LogP contribution in [0.3, 0.4) is 0 Å². The summed E-state index contributed by atoms with van der Waals surface area (Å²) in [5.41, 5.74) is 1.05. The van der Waals surface area contributed by atoms with Gasteiger partial charge in [-0.3, -0.25) is 0 Å². The Hall–Kier alpha value is -0.850. The zero-order chi connectivity index (χ0) is 15.6. The molecule has 120 valence electrons. The summed E-state index contributed by atoms with van der Waals surface area (Å²) in [6, 6.07) is 2.34. The summed E-state index contributed by atoms with van der Waals surface area (Å²) in [7, 11) is -1.52. The molecule has 5 nitrogen and oxygen atoms in total. The molecule has 0 amide bonds. The summed E-state index contributed by atoms with van der Waals surface area (Å²) < 4.78 is 29.5. The van der Waals surface area contributed by atoms with Crippen molar-refractivity contribution in [3.05, 3.63) is 18.0 Å². The van der Waals surface area contributed by atoms with Gasteiger partial charge in [0.25, 0.3) is 0 Å². The van der Waals surface area contributed by atoms with Crippen molar-refractivity contribution >= 4 is 10.0 Å². The lowest BCUT2D eigenvalue weighted by atomic mass is 10.3. The number of hydrogen-bond acceptors (Lipinski definition) is 3. The molecule has 1 unspecified atom stereocenters. The molecule has 1 N–H and O–H groups in total. The average molecular weight is 313 g/mol. The Labute approximate surface area is 128 Å². The van der Waals surface area contributed by atoms with E-state index >= 15 is 0 Å². The van der Waals surface area contributed by atoms with Crippen LogP contribution in [0, 0.1) is 0 Å². The van der Waals surface area contributed by atoms with Crippen molar-refractivity contribution < 1.29 is 8.42 Å². The highest BCUT2D eigenvalue weighted by Crippen LogP contribution is 2.37. The van der Waals surface area contributed by atoms with Gasteiger partial charge < -0.3 is 9.88 Å². The van der Waals surface area contributed by atoms with E-state index in [0.29, 0.717) is 24.0 Å². The van der Waals surface area contributed by atoms with Crippen LogP contribution in [0.1, 0.15) is 51.8 Å². The minimum atomic E-state index is -3.40. The van der Waals surface area contributed by atoms with Crippen molar-refractivity contribution in [3.8, 4) is 0 Å². The predicted octanol–water partition coefficient (Wildman–Crippen LogP) is 2.35. The fourth-order valence-electron chi connectivity index (χ4n) is 2.71. The van der Waals surface area contributed by atoms with Gasteiger partial charge in [-0.05, 0) is 39.3 Å². The Morgan fingerprint density at radius 3 is 2.57 bits per heavy atom. The van der Waals surface area contributed by atoms with Crippen molar-refractivity contribution in [3.63, 3.8) is 0 Å². The topological polar surface area (TPSA) is 54.3 Å². The van der Waals surface area contributed by atoms with Gasteiger partial charge in [0.05, 0.1) is 0 Å². The summed E-state index contributed by atoms with van der Waals surface area (Å²) in [6.45, 7) is 7.09. The molecule has 0 aromatic carbocycles. The van der Waals surface area contributed by atoms with Crippen LogP contribution in [0.2, 0.25) is 0 Å². The average Bonchev–Trinajstić information content (AvgIpc) is 3.20. The van der Waals surface area contributed by atoms with Gasteiger partial charge in [0.15, 0.2) is 0 Å². The molecular weight excluding hydrogens is 286 g/mol. The van der Waals surface area contributed by atoms with Crippen LogP contribution in [0.5, 0.6) is 0 Å². The molecule has 6 heteroatoms. The van der Waals surface area contributed by atoms with E-state index < -0.39 is 10.0 Å². The normalized spacial score (nSPS) is 17.4. The highest BCUT2D eigenvalue weighted by molar-refractivity contribution is 7.89. The molecule has 1 fully saturated rings. The minimum absolute atomic E-state index is 0.0250. The van der Waals surface area contributed by atoms with Crippen molar-refractivity contribution in [1.82, 2.24) is 14.2 Å². The first-order chi connectivity index (χ1) is 9.95. The molecule has 0 aliphatic heterocycles. The van der Waals surface area contributed by atoms with E-state index in [9.17, 15) is 8.42 Å². The Morgan fingerprint density at radius 1 is 1.43 bits per heavy atom. The first-order valence-corrected chi connectivity index (χ1v) is 9.26. The van der Waals surface area contributed by atoms with Crippen molar-refractivity contribution in [2.75, 3.05) is 13.6 Å². The Balaban J connectivity index is 2.37. The lowest BCUT2D eigenvalue weighted by Gasteiger charge is -2.25. The monoisotopic (exact) mass is 313 g/mol. The van der Waals surface area contributed by atoms with Crippen LogP contribution in [0.4, 0.5) is 0 Å². The summed E-state index contributed by atoms with van der Waals surface area (Å²) in [4.78, 5) is 0.432. The second kappa shape index (κ2) is 6.50. The number of aromatic nitrogens is 1. The van der Waals surface area contributed by atoms with E-state index in [1.165, 1.54) is 0 Å². The number of sulfonamides is 1. The number of rotatable bonds is 8. The summed E-state index contributed by atoms with van der Waals surface area (Å²) in [6.07, 6.45) is 4.94. The van der Waals surface area contributed by atoms with Crippen LogP contribution in [-0.2, 0) is 16.6 Å². The largest absolute Gasteiger partial charge is 0.346 e. The minimum Gasteiger partial charge on any atom is -0.346 e. The van der Waals surface area contributed by atoms with E-state index in [1.54, 1.807) is 4.31 Å². The van der Waals surface area contributed by atoms with Gasteiger partial charge in [-0.15, -0.1) is 0 Å². The Bertz CT molecular complexity index is 576. The van der Waals surface area contributed by atoms with Crippen LogP contribution in [-0.4, -0.2) is 36.9 Å². The lowest BCUT2D eigenvalue weighted by molar-refractivity contribution is 0.342. The molecule has 0 radical (unpaired) electrons.